The third-order valence-electron chi connectivity index (χ3n) is 8.19. The summed E-state index contributed by atoms with van der Waals surface area (Å²) in [7, 11) is 0. The topological polar surface area (TPSA) is 113 Å². The standard InChI is InChI=1S/C20H24O7/c1-8-4-12(21)16(24)18(3)10(8)5-13-19-7-26-20(25,17(18)19)15(23)9(2)11(19)6-14(22)27-13/h4,10-11,13,15-17,23-25H,2,5-7H2,1,3H3/t10-,11-,13+,15+,16+,17-,18+,19+,20-/m0/s1. The minimum Gasteiger partial charge on any atom is -0.462 e. The summed E-state index contributed by atoms with van der Waals surface area (Å²) in [6, 6.07) is 0. The highest BCUT2D eigenvalue weighted by molar-refractivity contribution is 5.96. The molecule has 0 aromatic carbocycles. The molecule has 5 aliphatic rings. The number of rotatable bonds is 0. The lowest BCUT2D eigenvalue weighted by atomic mass is 9.39. The van der Waals surface area contributed by atoms with Crippen LogP contribution in [-0.4, -0.2) is 57.8 Å². The molecule has 3 N–H and O–H groups in total. The van der Waals surface area contributed by atoms with Gasteiger partial charge in [0.1, 0.15) is 18.3 Å². The second-order valence-electron chi connectivity index (χ2n) is 9.15. The maximum atomic E-state index is 12.5. The minimum atomic E-state index is -1.98. The monoisotopic (exact) mass is 376 g/mol. The number of esters is 1. The summed E-state index contributed by atoms with van der Waals surface area (Å²) in [6.45, 7) is 7.64. The van der Waals surface area contributed by atoms with Gasteiger partial charge in [0.05, 0.1) is 13.0 Å². The number of carbonyl (C=O) groups excluding carboxylic acids is 2. The van der Waals surface area contributed by atoms with Crippen molar-refractivity contribution in [3.05, 3.63) is 23.8 Å². The summed E-state index contributed by atoms with van der Waals surface area (Å²) in [4.78, 5) is 24.8. The highest BCUT2D eigenvalue weighted by atomic mass is 16.6. The van der Waals surface area contributed by atoms with Crippen molar-refractivity contribution in [1.29, 1.82) is 0 Å². The quantitative estimate of drug-likeness (QED) is 0.405. The van der Waals surface area contributed by atoms with Gasteiger partial charge in [-0.3, -0.25) is 9.59 Å². The first kappa shape index (κ1) is 17.6. The lowest BCUT2D eigenvalue weighted by Crippen LogP contribution is -2.74. The van der Waals surface area contributed by atoms with E-state index in [1.807, 2.05) is 6.92 Å². The number of allylic oxidation sites excluding steroid dienone is 1. The van der Waals surface area contributed by atoms with Crippen LogP contribution in [0, 0.1) is 28.6 Å². The molecule has 0 amide bonds. The molecule has 2 bridgehead atoms. The lowest BCUT2D eigenvalue weighted by Gasteiger charge is -2.66. The molecule has 27 heavy (non-hydrogen) atoms. The van der Waals surface area contributed by atoms with Crippen molar-refractivity contribution in [2.75, 3.05) is 6.61 Å². The Morgan fingerprint density at radius 3 is 2.63 bits per heavy atom. The van der Waals surface area contributed by atoms with Gasteiger partial charge in [-0.1, -0.05) is 19.1 Å². The van der Waals surface area contributed by atoms with Gasteiger partial charge in [-0.15, -0.1) is 0 Å². The van der Waals surface area contributed by atoms with Gasteiger partial charge in [0.2, 0.25) is 0 Å². The number of aliphatic hydroxyl groups is 3. The normalized spacial score (nSPS) is 56.2. The van der Waals surface area contributed by atoms with E-state index in [2.05, 4.69) is 6.58 Å². The maximum absolute atomic E-state index is 12.5. The zero-order chi connectivity index (χ0) is 19.5. The second-order valence-corrected chi connectivity index (χ2v) is 9.15. The first-order valence-corrected chi connectivity index (χ1v) is 9.41. The van der Waals surface area contributed by atoms with Crippen molar-refractivity contribution >= 4 is 11.8 Å². The van der Waals surface area contributed by atoms with Crippen LogP contribution in [0.15, 0.2) is 23.8 Å². The molecular weight excluding hydrogens is 352 g/mol. The van der Waals surface area contributed by atoms with Crippen molar-refractivity contribution in [3.8, 4) is 0 Å². The minimum absolute atomic E-state index is 0.0436. The summed E-state index contributed by atoms with van der Waals surface area (Å²) in [6.07, 6.45) is -1.36. The fourth-order valence-electron chi connectivity index (χ4n) is 7.14. The number of aliphatic hydroxyl groups excluding tert-OH is 2. The number of ether oxygens (including phenoxy) is 2. The Labute approximate surface area is 156 Å². The third-order valence-corrected chi connectivity index (χ3v) is 8.19. The van der Waals surface area contributed by atoms with Crippen LogP contribution in [0.2, 0.25) is 0 Å². The Morgan fingerprint density at radius 2 is 1.93 bits per heavy atom. The molecule has 2 saturated heterocycles. The summed E-state index contributed by atoms with van der Waals surface area (Å²) in [5.74, 6) is -4.25. The number of hydrogen-bond donors (Lipinski definition) is 3. The fourth-order valence-corrected chi connectivity index (χ4v) is 7.14. The van der Waals surface area contributed by atoms with Crippen molar-refractivity contribution < 1.29 is 34.4 Å². The molecule has 5 rings (SSSR count). The first-order valence-electron chi connectivity index (χ1n) is 9.41. The number of ketones is 1. The first-order chi connectivity index (χ1) is 12.6. The van der Waals surface area contributed by atoms with E-state index in [1.54, 1.807) is 6.92 Å². The van der Waals surface area contributed by atoms with Crippen molar-refractivity contribution in [3.63, 3.8) is 0 Å². The maximum Gasteiger partial charge on any atom is 0.306 e. The Morgan fingerprint density at radius 1 is 1.22 bits per heavy atom. The Kier molecular flexibility index (Phi) is 3.18. The van der Waals surface area contributed by atoms with E-state index in [0.29, 0.717) is 12.0 Å². The largest absolute Gasteiger partial charge is 0.462 e. The van der Waals surface area contributed by atoms with Crippen LogP contribution in [0.25, 0.3) is 0 Å². The highest BCUT2D eigenvalue weighted by Gasteiger charge is 2.81. The molecule has 0 aromatic rings. The molecule has 9 atom stereocenters. The van der Waals surface area contributed by atoms with Gasteiger partial charge in [0.15, 0.2) is 11.6 Å². The number of hydrogen-bond acceptors (Lipinski definition) is 7. The van der Waals surface area contributed by atoms with Crippen molar-refractivity contribution in [1.82, 2.24) is 0 Å². The molecule has 2 heterocycles. The molecule has 0 radical (unpaired) electrons. The van der Waals surface area contributed by atoms with Gasteiger partial charge in [-0.05, 0) is 30.9 Å². The van der Waals surface area contributed by atoms with Gasteiger partial charge in [0, 0.05) is 22.7 Å². The molecule has 1 spiro atoms. The van der Waals surface area contributed by atoms with Gasteiger partial charge in [-0.25, -0.2) is 0 Å². The van der Waals surface area contributed by atoms with Crippen LogP contribution < -0.4 is 0 Å². The predicted octanol–water partition coefficient (Wildman–Crippen LogP) is 0.0863. The van der Waals surface area contributed by atoms with Crippen LogP contribution in [-0.2, 0) is 19.1 Å². The molecular formula is C20H24O7. The molecule has 0 unspecified atom stereocenters. The highest BCUT2D eigenvalue weighted by Crippen LogP contribution is 2.73. The molecule has 7 nitrogen and oxygen atoms in total. The van der Waals surface area contributed by atoms with E-state index in [-0.39, 0.29) is 24.9 Å². The Hall–Kier alpha value is -1.54. The third kappa shape index (κ3) is 1.69. The van der Waals surface area contributed by atoms with Gasteiger partial charge >= 0.3 is 5.97 Å². The van der Waals surface area contributed by atoms with Crippen molar-refractivity contribution in [2.24, 2.45) is 28.6 Å². The number of carbonyl (C=O) groups is 2. The summed E-state index contributed by atoms with van der Waals surface area (Å²) < 4.78 is 11.5. The van der Waals surface area contributed by atoms with Crippen LogP contribution in [0.5, 0.6) is 0 Å². The van der Waals surface area contributed by atoms with Crippen molar-refractivity contribution in [2.45, 2.75) is 50.8 Å². The van der Waals surface area contributed by atoms with Crippen LogP contribution in [0.1, 0.15) is 26.7 Å². The van der Waals surface area contributed by atoms with E-state index >= 15 is 0 Å². The average molecular weight is 376 g/mol. The predicted molar refractivity (Wildman–Crippen MR) is 90.9 cm³/mol. The lowest BCUT2D eigenvalue weighted by molar-refractivity contribution is -0.305. The summed E-state index contributed by atoms with van der Waals surface area (Å²) in [5, 5.41) is 33.3. The molecule has 4 fully saturated rings. The second kappa shape index (κ2) is 4.89. The molecule has 2 aliphatic heterocycles. The van der Waals surface area contributed by atoms with Crippen LogP contribution in [0.4, 0.5) is 0 Å². The fraction of sp³-hybridized carbons (Fsp3) is 0.700. The van der Waals surface area contributed by atoms with Gasteiger partial charge in [-0.2, -0.15) is 0 Å². The molecule has 146 valence electrons. The Bertz CT molecular complexity index is 817. The van der Waals surface area contributed by atoms with Crippen LogP contribution >= 0.6 is 0 Å². The summed E-state index contributed by atoms with van der Waals surface area (Å²) in [5.41, 5.74) is -0.730. The average Bonchev–Trinajstić information content (AvgIpc) is 2.90. The molecule has 3 aliphatic carbocycles. The number of fused-ring (bicyclic) bond motifs is 1. The molecule has 0 aromatic heterocycles. The Balaban J connectivity index is 1.79. The molecule has 7 heteroatoms. The van der Waals surface area contributed by atoms with E-state index < -0.39 is 52.5 Å². The van der Waals surface area contributed by atoms with E-state index in [0.717, 1.165) is 5.57 Å². The van der Waals surface area contributed by atoms with Gasteiger partial charge < -0.3 is 24.8 Å². The van der Waals surface area contributed by atoms with Gasteiger partial charge in [0.25, 0.3) is 0 Å². The smallest absolute Gasteiger partial charge is 0.306 e. The molecule has 2 saturated carbocycles. The summed E-state index contributed by atoms with van der Waals surface area (Å²) >= 11 is 0. The van der Waals surface area contributed by atoms with E-state index in [9.17, 15) is 24.9 Å². The SMILES string of the molecule is C=C1[C@@H](O)[C@]2(O)OC[C@@]34[C@@H](C[C@H]5C(C)=CC(=O)[C@@H](O)[C@]5(C)[C@H]23)OC(=O)C[C@@H]14. The van der Waals surface area contributed by atoms with Crippen LogP contribution in [0.3, 0.4) is 0 Å². The van der Waals surface area contributed by atoms with E-state index in [4.69, 9.17) is 9.47 Å². The van der Waals surface area contributed by atoms with E-state index in [1.165, 1.54) is 6.08 Å². The zero-order valence-corrected chi connectivity index (χ0v) is 15.3. The zero-order valence-electron chi connectivity index (χ0n) is 15.3.